The van der Waals surface area contributed by atoms with Crippen LogP contribution in [0.15, 0.2) is 76.5 Å². The maximum absolute atomic E-state index is 13.3. The Labute approximate surface area is 193 Å². The Morgan fingerprint density at radius 3 is 2.30 bits per heavy atom. The lowest BCUT2D eigenvalue weighted by Crippen LogP contribution is -2.35. The van der Waals surface area contributed by atoms with Gasteiger partial charge >= 0.3 is 0 Å². The molecule has 0 atom stereocenters. The molecule has 0 radical (unpaired) electrons. The number of ether oxygens (including phenoxy) is 2. The average molecular weight is 489 g/mol. The van der Waals surface area contributed by atoms with Crippen molar-refractivity contribution in [2.75, 3.05) is 29.8 Å². The summed E-state index contributed by atoms with van der Waals surface area (Å²) in [5.74, 6) is 0.805. The van der Waals surface area contributed by atoms with Crippen LogP contribution in [0.2, 0.25) is 0 Å². The molecule has 0 unspecified atom stereocenters. The van der Waals surface area contributed by atoms with Crippen molar-refractivity contribution in [1.29, 1.82) is 0 Å². The van der Waals surface area contributed by atoms with Crippen LogP contribution in [0.3, 0.4) is 0 Å². The fourth-order valence-corrected chi connectivity index (χ4v) is 6.56. The highest BCUT2D eigenvalue weighted by atomic mass is 32.2. The van der Waals surface area contributed by atoms with Gasteiger partial charge in [0, 0.05) is 12.2 Å². The van der Waals surface area contributed by atoms with Crippen molar-refractivity contribution in [2.45, 2.75) is 22.6 Å². The van der Waals surface area contributed by atoms with Crippen LogP contribution < -0.4 is 18.5 Å². The third kappa shape index (κ3) is 4.49. The van der Waals surface area contributed by atoms with Crippen LogP contribution in [0, 0.1) is 0 Å². The van der Waals surface area contributed by atoms with Crippen LogP contribution in [-0.2, 0) is 26.5 Å². The SMILES string of the molecule is COc1ccc(S(=O)(=O)N2CCCc3cc(NS(=O)(=O)c4ccccc4OC)ccc32)cc1. The number of aryl methyl sites for hydroxylation is 1. The first kappa shape index (κ1) is 22.9. The lowest BCUT2D eigenvalue weighted by atomic mass is 10.0. The number of methoxy groups -OCH3 is 2. The first-order valence-electron chi connectivity index (χ1n) is 10.2. The Morgan fingerprint density at radius 1 is 0.879 bits per heavy atom. The number of para-hydroxylation sites is 1. The average Bonchev–Trinajstić information content (AvgIpc) is 2.83. The summed E-state index contributed by atoms with van der Waals surface area (Å²) in [6.45, 7) is 0.341. The summed E-state index contributed by atoms with van der Waals surface area (Å²) in [5.41, 5.74) is 1.64. The Hall–Kier alpha value is -3.24. The molecule has 0 spiro atoms. The molecule has 1 aliphatic heterocycles. The molecule has 174 valence electrons. The zero-order valence-electron chi connectivity index (χ0n) is 18.2. The molecule has 0 saturated carbocycles. The summed E-state index contributed by atoms with van der Waals surface area (Å²) < 4.78 is 66.6. The molecule has 0 aromatic heterocycles. The standard InChI is InChI=1S/C23H24N2O6S2/c1-30-19-10-12-20(13-11-19)33(28,29)25-15-5-6-17-16-18(9-14-21(17)25)24-32(26,27)23-8-4-3-7-22(23)31-2/h3-4,7-14,16,24H,5-6,15H2,1-2H3. The van der Waals surface area contributed by atoms with Crippen LogP contribution in [0.25, 0.3) is 0 Å². The lowest BCUT2D eigenvalue weighted by Gasteiger charge is -2.31. The summed E-state index contributed by atoms with van der Waals surface area (Å²) in [4.78, 5) is 0.186. The quantitative estimate of drug-likeness (QED) is 0.545. The number of hydrogen-bond donors (Lipinski definition) is 1. The van der Waals surface area contributed by atoms with Crippen LogP contribution in [0.5, 0.6) is 11.5 Å². The van der Waals surface area contributed by atoms with Gasteiger partial charge < -0.3 is 9.47 Å². The summed E-state index contributed by atoms with van der Waals surface area (Å²) in [7, 11) is -4.74. The van der Waals surface area contributed by atoms with Gasteiger partial charge in [-0.3, -0.25) is 9.03 Å². The third-order valence-corrected chi connectivity index (χ3v) is 8.66. The van der Waals surface area contributed by atoms with E-state index in [0.29, 0.717) is 36.5 Å². The Morgan fingerprint density at radius 2 is 1.61 bits per heavy atom. The largest absolute Gasteiger partial charge is 0.497 e. The molecule has 1 heterocycles. The first-order chi connectivity index (χ1) is 15.8. The van der Waals surface area contributed by atoms with Gasteiger partial charge in [-0.25, -0.2) is 16.8 Å². The first-order valence-corrected chi connectivity index (χ1v) is 13.1. The van der Waals surface area contributed by atoms with Gasteiger partial charge in [0.2, 0.25) is 0 Å². The molecule has 3 aromatic rings. The molecule has 0 saturated heterocycles. The minimum Gasteiger partial charge on any atom is -0.497 e. The van der Waals surface area contributed by atoms with Gasteiger partial charge in [0.05, 0.1) is 24.8 Å². The number of nitrogens with one attached hydrogen (secondary N) is 1. The van der Waals surface area contributed by atoms with Crippen molar-refractivity contribution >= 4 is 31.4 Å². The Balaban J connectivity index is 1.65. The summed E-state index contributed by atoms with van der Waals surface area (Å²) >= 11 is 0. The minimum absolute atomic E-state index is 0.0222. The zero-order valence-corrected chi connectivity index (χ0v) is 19.8. The van der Waals surface area contributed by atoms with Gasteiger partial charge in [0.1, 0.15) is 16.4 Å². The van der Waals surface area contributed by atoms with E-state index in [1.807, 2.05) is 0 Å². The molecule has 33 heavy (non-hydrogen) atoms. The van der Waals surface area contributed by atoms with Crippen molar-refractivity contribution in [3.05, 3.63) is 72.3 Å². The van der Waals surface area contributed by atoms with Gasteiger partial charge in [-0.05, 0) is 73.0 Å². The number of nitrogens with zero attached hydrogens (tertiary/aromatic N) is 1. The lowest BCUT2D eigenvalue weighted by molar-refractivity contribution is 0.403. The predicted octanol–water partition coefficient (Wildman–Crippen LogP) is 3.65. The Kier molecular flexibility index (Phi) is 6.22. The predicted molar refractivity (Wildman–Crippen MR) is 126 cm³/mol. The molecular weight excluding hydrogens is 464 g/mol. The molecule has 0 bridgehead atoms. The number of anilines is 2. The number of sulfonamides is 2. The van der Waals surface area contributed by atoms with Gasteiger partial charge in [-0.1, -0.05) is 12.1 Å². The van der Waals surface area contributed by atoms with Crippen molar-refractivity contribution in [3.63, 3.8) is 0 Å². The molecule has 1 aliphatic rings. The fraction of sp³-hybridized carbons (Fsp3) is 0.217. The molecule has 0 fully saturated rings. The molecular formula is C23H24N2O6S2. The molecule has 1 N–H and O–H groups in total. The third-order valence-electron chi connectivity index (χ3n) is 5.41. The van der Waals surface area contributed by atoms with E-state index in [1.165, 1.54) is 36.7 Å². The highest BCUT2D eigenvalue weighted by molar-refractivity contribution is 7.93. The second-order valence-electron chi connectivity index (χ2n) is 7.46. The van der Waals surface area contributed by atoms with E-state index >= 15 is 0 Å². The van der Waals surface area contributed by atoms with Gasteiger partial charge in [-0.15, -0.1) is 0 Å². The molecule has 0 amide bonds. The second-order valence-corrected chi connectivity index (χ2v) is 11.0. The van der Waals surface area contributed by atoms with Gasteiger partial charge in [0.15, 0.2) is 0 Å². The zero-order chi connectivity index (χ0) is 23.6. The van der Waals surface area contributed by atoms with Crippen molar-refractivity contribution < 1.29 is 26.3 Å². The highest BCUT2D eigenvalue weighted by Gasteiger charge is 2.29. The summed E-state index contributed by atoms with van der Waals surface area (Å²) in [6, 6.07) is 17.4. The smallest absolute Gasteiger partial charge is 0.265 e. The molecule has 3 aromatic carbocycles. The molecule has 4 rings (SSSR count). The van der Waals surface area contributed by atoms with Crippen molar-refractivity contribution in [3.8, 4) is 11.5 Å². The monoisotopic (exact) mass is 488 g/mol. The van der Waals surface area contributed by atoms with E-state index < -0.39 is 20.0 Å². The molecule has 8 nitrogen and oxygen atoms in total. The van der Waals surface area contributed by atoms with E-state index in [-0.39, 0.29) is 15.5 Å². The van der Waals surface area contributed by atoms with Crippen LogP contribution in [-0.4, -0.2) is 37.6 Å². The number of rotatable bonds is 7. The Bertz CT molecular complexity index is 1370. The van der Waals surface area contributed by atoms with Crippen LogP contribution >= 0.6 is 0 Å². The molecule has 10 heteroatoms. The number of fused-ring (bicyclic) bond motifs is 1. The van der Waals surface area contributed by atoms with Crippen LogP contribution in [0.1, 0.15) is 12.0 Å². The minimum atomic E-state index is -3.89. The van der Waals surface area contributed by atoms with E-state index in [4.69, 9.17) is 9.47 Å². The normalized spacial score (nSPS) is 13.8. The van der Waals surface area contributed by atoms with Gasteiger partial charge in [0.25, 0.3) is 20.0 Å². The van der Waals surface area contributed by atoms with Crippen molar-refractivity contribution in [1.82, 2.24) is 0 Å². The highest BCUT2D eigenvalue weighted by Crippen LogP contribution is 2.35. The van der Waals surface area contributed by atoms with E-state index in [0.717, 1.165) is 5.56 Å². The number of hydrogen-bond acceptors (Lipinski definition) is 6. The second kappa shape index (κ2) is 8.95. The van der Waals surface area contributed by atoms with E-state index in [2.05, 4.69) is 4.72 Å². The summed E-state index contributed by atoms with van der Waals surface area (Å²) in [6.07, 6.45) is 1.25. The molecule has 0 aliphatic carbocycles. The van der Waals surface area contributed by atoms with E-state index in [1.54, 1.807) is 48.5 Å². The maximum atomic E-state index is 13.3. The van der Waals surface area contributed by atoms with Crippen LogP contribution in [0.4, 0.5) is 11.4 Å². The topological polar surface area (TPSA) is 102 Å². The maximum Gasteiger partial charge on any atom is 0.265 e. The number of benzene rings is 3. The van der Waals surface area contributed by atoms with E-state index in [9.17, 15) is 16.8 Å². The fourth-order valence-electron chi connectivity index (χ4n) is 3.80. The van der Waals surface area contributed by atoms with Crippen molar-refractivity contribution in [2.24, 2.45) is 0 Å². The van der Waals surface area contributed by atoms with Gasteiger partial charge in [-0.2, -0.15) is 0 Å². The summed E-state index contributed by atoms with van der Waals surface area (Å²) in [5, 5.41) is 0.